The fourth-order valence-electron chi connectivity index (χ4n) is 1.92. The van der Waals surface area contributed by atoms with Crippen molar-refractivity contribution in [2.75, 3.05) is 6.54 Å². The molecule has 0 aliphatic carbocycles. The maximum Gasteiger partial charge on any atom is 0.0342 e. The molecule has 0 amide bonds. The lowest BCUT2D eigenvalue weighted by molar-refractivity contribution is 0.565. The van der Waals surface area contributed by atoms with E-state index in [-0.39, 0.29) is 12.4 Å². The summed E-state index contributed by atoms with van der Waals surface area (Å²) in [4.78, 5) is 0. The molecule has 0 aliphatic heterocycles. The predicted molar refractivity (Wildman–Crippen MR) is 75.9 cm³/mol. The van der Waals surface area contributed by atoms with Gasteiger partial charge in [-0.05, 0) is 48.4 Å². The number of halogens is 1. The maximum absolute atomic E-state index is 3.44. The molecule has 88 valence electrons. The van der Waals surface area contributed by atoms with Gasteiger partial charge >= 0.3 is 0 Å². The minimum Gasteiger partial charge on any atom is -0.314 e. The highest BCUT2D eigenvalue weighted by Crippen LogP contribution is 2.22. The Hall–Kier alpha value is -0.570. The smallest absolute Gasteiger partial charge is 0.0342 e. The molecule has 0 bridgehead atoms. The first-order valence-corrected chi connectivity index (χ1v) is 6.37. The van der Waals surface area contributed by atoms with Gasteiger partial charge in [0.25, 0.3) is 0 Å². The number of hydrogen-bond donors (Lipinski definition) is 1. The Labute approximate surface area is 107 Å². The van der Waals surface area contributed by atoms with E-state index in [0.29, 0.717) is 6.04 Å². The molecule has 1 heterocycles. The molecule has 1 atom stereocenters. The van der Waals surface area contributed by atoms with E-state index >= 15 is 0 Å². The van der Waals surface area contributed by atoms with Crippen molar-refractivity contribution in [3.63, 3.8) is 0 Å². The van der Waals surface area contributed by atoms with Gasteiger partial charge in [-0.15, -0.1) is 23.7 Å². The summed E-state index contributed by atoms with van der Waals surface area (Å²) in [5.74, 6) is 0. The van der Waals surface area contributed by atoms with E-state index < -0.39 is 0 Å². The molecule has 0 spiro atoms. The van der Waals surface area contributed by atoms with Crippen LogP contribution < -0.4 is 5.32 Å². The largest absolute Gasteiger partial charge is 0.314 e. The molecule has 0 saturated carbocycles. The Morgan fingerprint density at radius 3 is 2.88 bits per heavy atom. The van der Waals surface area contributed by atoms with Crippen LogP contribution in [-0.4, -0.2) is 12.6 Å². The Balaban J connectivity index is 0.00000128. The van der Waals surface area contributed by atoms with Gasteiger partial charge in [-0.1, -0.05) is 19.1 Å². The summed E-state index contributed by atoms with van der Waals surface area (Å²) in [6, 6.07) is 9.54. The number of thiophene rings is 1. The normalized spacial score (nSPS) is 12.4. The summed E-state index contributed by atoms with van der Waals surface area (Å²) in [5.41, 5.74) is 1.43. The number of benzene rings is 1. The summed E-state index contributed by atoms with van der Waals surface area (Å²) in [6.45, 7) is 5.43. The minimum absolute atomic E-state index is 0. The van der Waals surface area contributed by atoms with Crippen LogP contribution in [0.15, 0.2) is 29.6 Å². The van der Waals surface area contributed by atoms with E-state index in [2.05, 4.69) is 48.8 Å². The summed E-state index contributed by atoms with van der Waals surface area (Å²) < 4.78 is 1.38. The van der Waals surface area contributed by atoms with E-state index in [9.17, 15) is 0 Å². The van der Waals surface area contributed by atoms with Crippen molar-refractivity contribution in [1.29, 1.82) is 0 Å². The number of fused-ring (bicyclic) bond motifs is 1. The van der Waals surface area contributed by atoms with Gasteiger partial charge in [-0.2, -0.15) is 0 Å². The van der Waals surface area contributed by atoms with Crippen LogP contribution in [0.3, 0.4) is 0 Å². The molecule has 2 aromatic rings. The van der Waals surface area contributed by atoms with Crippen LogP contribution in [0.2, 0.25) is 0 Å². The standard InChI is InChI=1S/C13H17NS.ClH/c1-3-14-10(2)8-11-4-5-13-12(9-11)6-7-15-13;/h4-7,9-10,14H,3,8H2,1-2H3;1H/t10-;/m0./s1. The van der Waals surface area contributed by atoms with Crippen molar-refractivity contribution >= 4 is 33.8 Å². The van der Waals surface area contributed by atoms with Gasteiger partial charge in [0.1, 0.15) is 0 Å². The highest BCUT2D eigenvalue weighted by atomic mass is 35.5. The van der Waals surface area contributed by atoms with Crippen LogP contribution in [0.5, 0.6) is 0 Å². The van der Waals surface area contributed by atoms with Crippen molar-refractivity contribution < 1.29 is 0 Å². The third-order valence-electron chi connectivity index (χ3n) is 2.61. The minimum atomic E-state index is 0. The van der Waals surface area contributed by atoms with Gasteiger partial charge in [0, 0.05) is 10.7 Å². The molecule has 0 unspecified atom stereocenters. The molecular weight excluding hydrogens is 238 g/mol. The van der Waals surface area contributed by atoms with Crippen LogP contribution in [0.25, 0.3) is 10.1 Å². The molecule has 1 nitrogen and oxygen atoms in total. The number of rotatable bonds is 4. The first-order chi connectivity index (χ1) is 7.29. The summed E-state index contributed by atoms with van der Waals surface area (Å²) in [7, 11) is 0. The van der Waals surface area contributed by atoms with E-state index in [1.165, 1.54) is 15.6 Å². The number of likely N-dealkylation sites (N-methyl/N-ethyl adjacent to an activating group) is 1. The maximum atomic E-state index is 3.44. The average molecular weight is 256 g/mol. The lowest BCUT2D eigenvalue weighted by atomic mass is 10.1. The van der Waals surface area contributed by atoms with Crippen LogP contribution in [0.1, 0.15) is 19.4 Å². The first kappa shape index (κ1) is 13.5. The van der Waals surface area contributed by atoms with E-state index in [1.54, 1.807) is 0 Å². The molecule has 1 N–H and O–H groups in total. The van der Waals surface area contributed by atoms with Crippen LogP contribution in [0.4, 0.5) is 0 Å². The van der Waals surface area contributed by atoms with E-state index in [4.69, 9.17) is 0 Å². The van der Waals surface area contributed by atoms with Crippen molar-refractivity contribution in [2.45, 2.75) is 26.3 Å². The molecule has 0 saturated heterocycles. The third kappa shape index (κ3) is 3.21. The van der Waals surface area contributed by atoms with Crippen molar-refractivity contribution in [3.05, 3.63) is 35.2 Å². The fourth-order valence-corrected chi connectivity index (χ4v) is 2.69. The SMILES string of the molecule is CCN[C@@H](C)Cc1ccc2sccc2c1.Cl. The molecule has 0 aliphatic rings. The third-order valence-corrected chi connectivity index (χ3v) is 3.51. The molecule has 16 heavy (non-hydrogen) atoms. The van der Waals surface area contributed by atoms with Crippen LogP contribution in [-0.2, 0) is 6.42 Å². The predicted octanol–water partition coefficient (Wildman–Crippen LogP) is 3.86. The summed E-state index contributed by atoms with van der Waals surface area (Å²) >= 11 is 1.81. The van der Waals surface area contributed by atoms with E-state index in [0.717, 1.165) is 13.0 Å². The van der Waals surface area contributed by atoms with Gasteiger partial charge < -0.3 is 5.32 Å². The Kier molecular flexibility index (Phi) is 5.26. The molecular formula is C13H18ClNS. The molecule has 1 aromatic heterocycles. The molecule has 3 heteroatoms. The van der Waals surface area contributed by atoms with Crippen molar-refractivity contribution in [2.24, 2.45) is 0 Å². The lowest BCUT2D eigenvalue weighted by Crippen LogP contribution is -2.27. The van der Waals surface area contributed by atoms with Gasteiger partial charge in [-0.3, -0.25) is 0 Å². The Morgan fingerprint density at radius 1 is 1.31 bits per heavy atom. The molecule has 0 radical (unpaired) electrons. The Bertz CT molecular complexity index is 438. The zero-order valence-corrected chi connectivity index (χ0v) is 11.3. The zero-order chi connectivity index (χ0) is 10.7. The van der Waals surface area contributed by atoms with Gasteiger partial charge in [0.15, 0.2) is 0 Å². The fraction of sp³-hybridized carbons (Fsp3) is 0.385. The molecule has 2 rings (SSSR count). The second-order valence-electron chi connectivity index (χ2n) is 3.96. The summed E-state index contributed by atoms with van der Waals surface area (Å²) in [6.07, 6.45) is 1.11. The topological polar surface area (TPSA) is 12.0 Å². The number of hydrogen-bond acceptors (Lipinski definition) is 2. The summed E-state index contributed by atoms with van der Waals surface area (Å²) in [5, 5.41) is 6.97. The van der Waals surface area contributed by atoms with Gasteiger partial charge in [-0.25, -0.2) is 0 Å². The zero-order valence-electron chi connectivity index (χ0n) is 9.69. The van der Waals surface area contributed by atoms with Gasteiger partial charge in [0.2, 0.25) is 0 Å². The second kappa shape index (κ2) is 6.24. The highest BCUT2D eigenvalue weighted by molar-refractivity contribution is 7.17. The van der Waals surface area contributed by atoms with Gasteiger partial charge in [0.05, 0.1) is 0 Å². The number of nitrogens with one attached hydrogen (secondary N) is 1. The monoisotopic (exact) mass is 255 g/mol. The molecule has 1 aromatic carbocycles. The van der Waals surface area contributed by atoms with Crippen molar-refractivity contribution in [1.82, 2.24) is 5.32 Å². The van der Waals surface area contributed by atoms with Crippen LogP contribution >= 0.6 is 23.7 Å². The van der Waals surface area contributed by atoms with E-state index in [1.807, 2.05) is 11.3 Å². The lowest BCUT2D eigenvalue weighted by Gasteiger charge is -2.11. The first-order valence-electron chi connectivity index (χ1n) is 5.49. The van der Waals surface area contributed by atoms with Crippen molar-refractivity contribution in [3.8, 4) is 0 Å². The highest BCUT2D eigenvalue weighted by Gasteiger charge is 2.02. The molecule has 0 fully saturated rings. The quantitative estimate of drug-likeness (QED) is 0.875. The second-order valence-corrected chi connectivity index (χ2v) is 4.90. The van der Waals surface area contributed by atoms with Crippen LogP contribution in [0, 0.1) is 0 Å². The Morgan fingerprint density at radius 2 is 2.12 bits per heavy atom. The average Bonchev–Trinajstić information content (AvgIpc) is 2.65.